The molecule has 0 bridgehead atoms. The fraction of sp³-hybridized carbons (Fsp3) is 0.0952. The van der Waals surface area contributed by atoms with Crippen molar-refractivity contribution in [1.29, 1.82) is 0 Å². The first-order valence-electron chi connectivity index (χ1n) is 8.00. The molecule has 3 aromatic carbocycles. The molecule has 0 aliphatic carbocycles. The average molecular weight is 333 g/mol. The molecule has 0 aromatic heterocycles. The molecule has 0 saturated heterocycles. The predicted molar refractivity (Wildman–Crippen MR) is 100 cm³/mol. The topological polar surface area (TPSA) is 58.6 Å². The highest BCUT2D eigenvalue weighted by Gasteiger charge is 2.09. The Labute approximate surface area is 146 Å². The van der Waals surface area contributed by atoms with Crippen molar-refractivity contribution in [3.8, 4) is 5.75 Å². The third kappa shape index (κ3) is 3.80. The Kier molecular flexibility index (Phi) is 5.00. The normalized spacial score (nSPS) is 10.4. The number of anilines is 1. The van der Waals surface area contributed by atoms with Crippen molar-refractivity contribution in [2.75, 3.05) is 11.9 Å². The van der Waals surface area contributed by atoms with Crippen LogP contribution in [0.1, 0.15) is 15.9 Å². The Morgan fingerprint density at radius 1 is 1.12 bits per heavy atom. The first-order chi connectivity index (χ1) is 12.2. The van der Waals surface area contributed by atoms with Gasteiger partial charge in [0.25, 0.3) is 0 Å². The first kappa shape index (κ1) is 16.6. The van der Waals surface area contributed by atoms with E-state index in [-0.39, 0.29) is 5.56 Å². The van der Waals surface area contributed by atoms with Crippen LogP contribution in [0.3, 0.4) is 0 Å². The minimum atomic E-state index is -0.941. The lowest BCUT2D eigenvalue weighted by molar-refractivity contribution is 0.0697. The molecule has 0 heterocycles. The van der Waals surface area contributed by atoms with E-state index >= 15 is 0 Å². The fourth-order valence-corrected chi connectivity index (χ4v) is 2.73. The Morgan fingerprint density at radius 3 is 2.76 bits per heavy atom. The van der Waals surface area contributed by atoms with E-state index in [0.717, 1.165) is 27.8 Å². The van der Waals surface area contributed by atoms with Gasteiger partial charge in [-0.05, 0) is 35.0 Å². The number of carboxylic acid groups (broad SMARTS) is 1. The van der Waals surface area contributed by atoms with E-state index in [1.54, 1.807) is 24.3 Å². The summed E-state index contributed by atoms with van der Waals surface area (Å²) in [5, 5.41) is 14.6. The molecule has 4 heteroatoms. The minimum Gasteiger partial charge on any atom is -0.489 e. The Balaban J connectivity index is 1.92. The van der Waals surface area contributed by atoms with Crippen LogP contribution in [0.4, 0.5) is 5.69 Å². The summed E-state index contributed by atoms with van der Waals surface area (Å²) < 4.78 is 5.79. The lowest BCUT2D eigenvalue weighted by Gasteiger charge is -2.15. The molecule has 0 aliphatic rings. The van der Waals surface area contributed by atoms with Gasteiger partial charge in [-0.3, -0.25) is 0 Å². The summed E-state index contributed by atoms with van der Waals surface area (Å²) in [5.74, 6) is -0.149. The molecule has 0 amide bonds. The van der Waals surface area contributed by atoms with Gasteiger partial charge in [0.15, 0.2) is 0 Å². The van der Waals surface area contributed by atoms with Gasteiger partial charge in [-0.1, -0.05) is 49.1 Å². The molecule has 126 valence electrons. The van der Waals surface area contributed by atoms with Crippen LogP contribution in [0.2, 0.25) is 0 Å². The monoisotopic (exact) mass is 333 g/mol. The van der Waals surface area contributed by atoms with Gasteiger partial charge >= 0.3 is 5.97 Å². The quantitative estimate of drug-likeness (QED) is 0.615. The third-order valence-corrected chi connectivity index (χ3v) is 3.93. The second-order valence-corrected chi connectivity index (χ2v) is 5.60. The van der Waals surface area contributed by atoms with E-state index in [4.69, 9.17) is 9.84 Å². The second kappa shape index (κ2) is 7.53. The van der Waals surface area contributed by atoms with Gasteiger partial charge in [-0.2, -0.15) is 0 Å². The number of hydrogen-bond donors (Lipinski definition) is 2. The number of benzene rings is 3. The largest absolute Gasteiger partial charge is 0.489 e. The van der Waals surface area contributed by atoms with Crippen LogP contribution >= 0.6 is 0 Å². The van der Waals surface area contributed by atoms with Gasteiger partial charge in [-0.25, -0.2) is 4.79 Å². The van der Waals surface area contributed by atoms with Gasteiger partial charge in [0.05, 0.1) is 5.56 Å². The molecule has 2 N–H and O–H groups in total. The summed E-state index contributed by atoms with van der Waals surface area (Å²) in [4.78, 5) is 11.1. The van der Waals surface area contributed by atoms with E-state index < -0.39 is 5.97 Å². The standard InChI is InChI=1S/C21H19NO3/c1-2-12-25-20-11-10-15-6-3-4-9-18(15)19(20)14-22-17-8-5-7-16(13-17)21(23)24/h2-11,13,22H,1,12,14H2,(H,23,24). The van der Waals surface area contributed by atoms with Crippen molar-refractivity contribution < 1.29 is 14.6 Å². The van der Waals surface area contributed by atoms with Crippen molar-refractivity contribution in [3.05, 3.63) is 84.4 Å². The highest BCUT2D eigenvalue weighted by Crippen LogP contribution is 2.29. The summed E-state index contributed by atoms with van der Waals surface area (Å²) in [7, 11) is 0. The smallest absolute Gasteiger partial charge is 0.335 e. The number of carbonyl (C=O) groups is 1. The Morgan fingerprint density at radius 2 is 1.96 bits per heavy atom. The van der Waals surface area contributed by atoms with Gasteiger partial charge in [0, 0.05) is 17.8 Å². The lowest BCUT2D eigenvalue weighted by atomic mass is 10.0. The van der Waals surface area contributed by atoms with E-state index in [2.05, 4.69) is 24.0 Å². The van der Waals surface area contributed by atoms with Gasteiger partial charge < -0.3 is 15.2 Å². The summed E-state index contributed by atoms with van der Waals surface area (Å²) in [6.45, 7) is 4.65. The second-order valence-electron chi connectivity index (χ2n) is 5.60. The maximum Gasteiger partial charge on any atom is 0.335 e. The molecular formula is C21H19NO3. The predicted octanol–water partition coefficient (Wildman–Crippen LogP) is 4.71. The van der Waals surface area contributed by atoms with Crippen molar-refractivity contribution in [2.24, 2.45) is 0 Å². The number of rotatable bonds is 7. The Bertz CT molecular complexity index is 918. The average Bonchev–Trinajstić information content (AvgIpc) is 2.65. The van der Waals surface area contributed by atoms with Crippen LogP contribution in [0.15, 0.2) is 73.3 Å². The number of nitrogens with one attached hydrogen (secondary N) is 1. The molecule has 0 fully saturated rings. The number of hydrogen-bond acceptors (Lipinski definition) is 3. The Hall–Kier alpha value is -3.27. The molecule has 0 spiro atoms. The van der Waals surface area contributed by atoms with E-state index in [1.807, 2.05) is 30.3 Å². The number of aromatic carboxylic acids is 1. The molecule has 0 unspecified atom stereocenters. The van der Waals surface area contributed by atoms with Gasteiger partial charge in [-0.15, -0.1) is 0 Å². The molecule has 0 saturated carbocycles. The zero-order valence-corrected chi connectivity index (χ0v) is 13.7. The summed E-state index contributed by atoms with van der Waals surface area (Å²) in [6.07, 6.45) is 1.71. The SMILES string of the molecule is C=CCOc1ccc2ccccc2c1CNc1cccc(C(=O)O)c1. The highest BCUT2D eigenvalue weighted by molar-refractivity contribution is 5.89. The van der Waals surface area contributed by atoms with Gasteiger partial charge in [0.2, 0.25) is 0 Å². The lowest BCUT2D eigenvalue weighted by Crippen LogP contribution is -2.05. The third-order valence-electron chi connectivity index (χ3n) is 3.93. The molecule has 4 nitrogen and oxygen atoms in total. The molecule has 25 heavy (non-hydrogen) atoms. The summed E-state index contributed by atoms with van der Waals surface area (Å²) >= 11 is 0. The summed E-state index contributed by atoms with van der Waals surface area (Å²) in [5.41, 5.74) is 2.04. The molecule has 0 radical (unpaired) electrons. The van der Waals surface area contributed by atoms with E-state index in [9.17, 15) is 4.79 Å². The van der Waals surface area contributed by atoms with Crippen molar-refractivity contribution in [3.63, 3.8) is 0 Å². The number of ether oxygens (including phenoxy) is 1. The van der Waals surface area contributed by atoms with Crippen LogP contribution in [0, 0.1) is 0 Å². The molecule has 0 atom stereocenters. The minimum absolute atomic E-state index is 0.256. The van der Waals surface area contributed by atoms with E-state index in [1.165, 1.54) is 0 Å². The number of fused-ring (bicyclic) bond motifs is 1. The van der Waals surface area contributed by atoms with Crippen LogP contribution in [0.25, 0.3) is 10.8 Å². The molecule has 0 aliphatic heterocycles. The van der Waals surface area contributed by atoms with Crippen LogP contribution in [0.5, 0.6) is 5.75 Å². The first-order valence-corrected chi connectivity index (χ1v) is 8.00. The van der Waals surface area contributed by atoms with Gasteiger partial charge in [0.1, 0.15) is 12.4 Å². The van der Waals surface area contributed by atoms with Crippen molar-refractivity contribution >= 4 is 22.4 Å². The maximum atomic E-state index is 11.1. The maximum absolute atomic E-state index is 11.1. The highest BCUT2D eigenvalue weighted by atomic mass is 16.5. The number of carboxylic acids is 1. The zero-order chi connectivity index (χ0) is 17.6. The van der Waals surface area contributed by atoms with Crippen LogP contribution < -0.4 is 10.1 Å². The zero-order valence-electron chi connectivity index (χ0n) is 13.7. The van der Waals surface area contributed by atoms with Crippen molar-refractivity contribution in [2.45, 2.75) is 6.54 Å². The van der Waals surface area contributed by atoms with E-state index in [0.29, 0.717) is 13.2 Å². The fourth-order valence-electron chi connectivity index (χ4n) is 2.73. The molecule has 3 aromatic rings. The molecular weight excluding hydrogens is 314 g/mol. The van der Waals surface area contributed by atoms with Crippen molar-refractivity contribution in [1.82, 2.24) is 0 Å². The van der Waals surface area contributed by atoms with Crippen LogP contribution in [-0.2, 0) is 6.54 Å². The van der Waals surface area contributed by atoms with Crippen LogP contribution in [-0.4, -0.2) is 17.7 Å². The molecule has 3 rings (SSSR count). The summed E-state index contributed by atoms with van der Waals surface area (Å²) in [6, 6.07) is 18.9.